The molecule has 1 aliphatic rings. The van der Waals surface area contributed by atoms with Crippen molar-refractivity contribution in [1.82, 2.24) is 0 Å². The fourth-order valence-corrected chi connectivity index (χ4v) is 3.06. The van der Waals surface area contributed by atoms with Gasteiger partial charge in [-0.05, 0) is 31.9 Å². The van der Waals surface area contributed by atoms with Crippen molar-refractivity contribution in [3.05, 3.63) is 23.8 Å². The third kappa shape index (κ3) is 3.47. The molecule has 0 unspecified atom stereocenters. The summed E-state index contributed by atoms with van der Waals surface area (Å²) in [6.07, 6.45) is 4.48. The molecule has 0 heterocycles. The van der Waals surface area contributed by atoms with Crippen molar-refractivity contribution in [1.29, 1.82) is 0 Å². The second-order valence-corrected chi connectivity index (χ2v) is 5.32. The number of nitrogens with zero attached hydrogens (tertiary/aromatic N) is 1. The first-order chi connectivity index (χ1) is 10.2. The third-order valence-corrected chi connectivity index (χ3v) is 3.96. The molecule has 1 aromatic carbocycles. The molecule has 1 saturated carbocycles. The molecule has 2 rings (SSSR count). The van der Waals surface area contributed by atoms with Gasteiger partial charge in [-0.1, -0.05) is 18.9 Å². The van der Waals surface area contributed by atoms with Gasteiger partial charge in [0.1, 0.15) is 0 Å². The number of nitrogens with two attached hydrogens (primary N) is 1. The summed E-state index contributed by atoms with van der Waals surface area (Å²) >= 11 is 0. The number of carbonyl (C=O) groups is 1. The molecule has 3 N–H and O–H groups in total. The van der Waals surface area contributed by atoms with Crippen molar-refractivity contribution in [2.24, 2.45) is 0 Å². The predicted octanol–water partition coefficient (Wildman–Crippen LogP) is 2.19. The Kier molecular flexibility index (Phi) is 5.44. The second kappa shape index (κ2) is 7.31. The average molecular weight is 292 g/mol. The highest BCUT2D eigenvalue weighted by atomic mass is 16.5. The Balaban J connectivity index is 2.40. The minimum absolute atomic E-state index is 0.0348. The molecule has 0 radical (unpaired) electrons. The summed E-state index contributed by atoms with van der Waals surface area (Å²) in [5, 5.41) is 9.38. The molecule has 0 bridgehead atoms. The number of benzene rings is 1. The molecule has 21 heavy (non-hydrogen) atoms. The number of nitrogen functional groups attached to an aromatic ring is 1. The van der Waals surface area contributed by atoms with Gasteiger partial charge in [0.2, 0.25) is 0 Å². The first-order valence-corrected chi connectivity index (χ1v) is 7.62. The van der Waals surface area contributed by atoms with E-state index in [2.05, 4.69) is 4.90 Å². The molecule has 0 amide bonds. The third-order valence-electron chi connectivity index (χ3n) is 3.96. The summed E-state index contributed by atoms with van der Waals surface area (Å²) in [6, 6.07) is 5.62. The van der Waals surface area contributed by atoms with Crippen molar-refractivity contribution in [3.63, 3.8) is 0 Å². The van der Waals surface area contributed by atoms with Crippen LogP contribution in [0.5, 0.6) is 0 Å². The molecule has 1 aromatic rings. The van der Waals surface area contributed by atoms with Gasteiger partial charge in [0.25, 0.3) is 0 Å². The van der Waals surface area contributed by atoms with Gasteiger partial charge in [-0.2, -0.15) is 0 Å². The Morgan fingerprint density at radius 3 is 2.76 bits per heavy atom. The highest BCUT2D eigenvalue weighted by Crippen LogP contribution is 2.34. The van der Waals surface area contributed by atoms with E-state index in [1.165, 1.54) is 12.8 Å². The van der Waals surface area contributed by atoms with Crippen LogP contribution in [0.4, 0.5) is 11.4 Å². The molecule has 5 heteroatoms. The van der Waals surface area contributed by atoms with Crippen LogP contribution in [0.1, 0.15) is 43.0 Å². The normalized spacial score (nSPS) is 15.1. The smallest absolute Gasteiger partial charge is 0.340 e. The maximum Gasteiger partial charge on any atom is 0.340 e. The monoisotopic (exact) mass is 292 g/mol. The number of ether oxygens (including phenoxy) is 1. The van der Waals surface area contributed by atoms with Crippen LogP contribution in [-0.2, 0) is 4.74 Å². The number of carbonyl (C=O) groups excluding carboxylic acids is 1. The van der Waals surface area contributed by atoms with E-state index in [-0.39, 0.29) is 12.6 Å². The van der Waals surface area contributed by atoms with Crippen molar-refractivity contribution in [2.45, 2.75) is 38.6 Å². The molecular weight excluding hydrogens is 268 g/mol. The van der Waals surface area contributed by atoms with Crippen LogP contribution in [0, 0.1) is 0 Å². The van der Waals surface area contributed by atoms with Crippen molar-refractivity contribution < 1.29 is 14.6 Å². The van der Waals surface area contributed by atoms with E-state index in [0.29, 0.717) is 36.1 Å². The zero-order chi connectivity index (χ0) is 15.2. The van der Waals surface area contributed by atoms with Crippen LogP contribution in [0.15, 0.2) is 18.2 Å². The van der Waals surface area contributed by atoms with Gasteiger partial charge in [-0.25, -0.2) is 4.79 Å². The van der Waals surface area contributed by atoms with E-state index in [0.717, 1.165) is 12.8 Å². The lowest BCUT2D eigenvalue weighted by atomic mass is 10.1. The van der Waals surface area contributed by atoms with Crippen LogP contribution < -0.4 is 10.6 Å². The predicted molar refractivity (Wildman–Crippen MR) is 83.5 cm³/mol. The molecule has 1 aliphatic carbocycles. The van der Waals surface area contributed by atoms with Crippen LogP contribution in [-0.4, -0.2) is 36.9 Å². The number of rotatable bonds is 6. The van der Waals surface area contributed by atoms with Crippen molar-refractivity contribution in [3.8, 4) is 0 Å². The van der Waals surface area contributed by atoms with Gasteiger partial charge in [0.05, 0.1) is 30.2 Å². The quantitative estimate of drug-likeness (QED) is 0.621. The summed E-state index contributed by atoms with van der Waals surface area (Å²) in [5.74, 6) is -0.360. The molecule has 0 aromatic heterocycles. The number of aliphatic hydroxyl groups is 1. The van der Waals surface area contributed by atoms with Crippen molar-refractivity contribution >= 4 is 17.3 Å². The van der Waals surface area contributed by atoms with Crippen LogP contribution in [0.25, 0.3) is 0 Å². The Morgan fingerprint density at radius 1 is 1.43 bits per heavy atom. The fraction of sp³-hybridized carbons (Fsp3) is 0.562. The lowest BCUT2D eigenvalue weighted by molar-refractivity contribution is 0.0527. The second-order valence-electron chi connectivity index (χ2n) is 5.32. The fourth-order valence-electron chi connectivity index (χ4n) is 3.06. The molecule has 0 atom stereocenters. The maximum absolute atomic E-state index is 12.2. The Labute approximate surface area is 125 Å². The van der Waals surface area contributed by atoms with E-state index >= 15 is 0 Å². The zero-order valence-electron chi connectivity index (χ0n) is 12.5. The summed E-state index contributed by atoms with van der Waals surface area (Å²) < 4.78 is 5.13. The lowest BCUT2D eigenvalue weighted by Gasteiger charge is -2.32. The van der Waals surface area contributed by atoms with E-state index in [1.807, 2.05) is 0 Å². The summed E-state index contributed by atoms with van der Waals surface area (Å²) in [4.78, 5) is 14.3. The SMILES string of the molecule is CCOC(=O)c1cccc(N)c1N(CCO)C1CCCC1. The summed E-state index contributed by atoms with van der Waals surface area (Å²) in [6.45, 7) is 2.63. The van der Waals surface area contributed by atoms with E-state index in [4.69, 9.17) is 10.5 Å². The minimum atomic E-state index is -0.360. The summed E-state index contributed by atoms with van der Waals surface area (Å²) in [5.41, 5.74) is 7.87. The number of aliphatic hydroxyl groups excluding tert-OH is 1. The van der Waals surface area contributed by atoms with E-state index < -0.39 is 0 Å². The Bertz CT molecular complexity index is 484. The molecule has 0 spiro atoms. The number of anilines is 2. The number of hydrogen-bond donors (Lipinski definition) is 2. The molecule has 0 saturated heterocycles. The zero-order valence-corrected chi connectivity index (χ0v) is 12.5. The lowest BCUT2D eigenvalue weighted by Crippen LogP contribution is -2.37. The van der Waals surface area contributed by atoms with Crippen LogP contribution >= 0.6 is 0 Å². The van der Waals surface area contributed by atoms with Gasteiger partial charge in [0.15, 0.2) is 0 Å². The highest BCUT2D eigenvalue weighted by Gasteiger charge is 2.27. The number of hydrogen-bond acceptors (Lipinski definition) is 5. The largest absolute Gasteiger partial charge is 0.462 e. The Hall–Kier alpha value is -1.75. The van der Waals surface area contributed by atoms with Crippen LogP contribution in [0.3, 0.4) is 0 Å². The van der Waals surface area contributed by atoms with Crippen LogP contribution in [0.2, 0.25) is 0 Å². The van der Waals surface area contributed by atoms with Gasteiger partial charge >= 0.3 is 5.97 Å². The number of esters is 1. The van der Waals surface area contributed by atoms with Gasteiger partial charge in [-0.15, -0.1) is 0 Å². The van der Waals surface area contributed by atoms with Gasteiger partial charge < -0.3 is 20.5 Å². The Morgan fingerprint density at radius 2 is 2.14 bits per heavy atom. The standard InChI is InChI=1S/C16H24N2O3/c1-2-21-16(20)13-8-5-9-14(17)15(13)18(10-11-19)12-6-3-4-7-12/h5,8-9,12,19H,2-4,6-7,10-11,17H2,1H3. The van der Waals surface area contributed by atoms with E-state index in [9.17, 15) is 9.90 Å². The molecule has 1 fully saturated rings. The summed E-state index contributed by atoms with van der Waals surface area (Å²) in [7, 11) is 0. The number of para-hydroxylation sites is 1. The van der Waals surface area contributed by atoms with Gasteiger partial charge in [-0.3, -0.25) is 0 Å². The molecule has 5 nitrogen and oxygen atoms in total. The molecular formula is C16H24N2O3. The maximum atomic E-state index is 12.2. The van der Waals surface area contributed by atoms with Gasteiger partial charge in [0, 0.05) is 12.6 Å². The first-order valence-electron chi connectivity index (χ1n) is 7.62. The molecule has 0 aliphatic heterocycles. The highest BCUT2D eigenvalue weighted by molar-refractivity contribution is 5.99. The van der Waals surface area contributed by atoms with Crippen molar-refractivity contribution in [2.75, 3.05) is 30.4 Å². The average Bonchev–Trinajstić information content (AvgIpc) is 2.99. The minimum Gasteiger partial charge on any atom is -0.462 e. The topological polar surface area (TPSA) is 75.8 Å². The molecule has 116 valence electrons. The first kappa shape index (κ1) is 15.6. The van der Waals surface area contributed by atoms with E-state index in [1.54, 1.807) is 25.1 Å².